The Bertz CT molecular complexity index is 795. The van der Waals surface area contributed by atoms with Crippen molar-refractivity contribution in [1.29, 1.82) is 0 Å². The Morgan fingerprint density at radius 3 is 2.54 bits per heavy atom. The van der Waals surface area contributed by atoms with Crippen LogP contribution < -0.4 is 15.1 Å². The summed E-state index contributed by atoms with van der Waals surface area (Å²) in [7, 11) is 0. The van der Waals surface area contributed by atoms with Gasteiger partial charge in [0.2, 0.25) is 5.91 Å². The third-order valence-corrected chi connectivity index (χ3v) is 5.86. The second-order valence-electron chi connectivity index (χ2n) is 7.69. The van der Waals surface area contributed by atoms with Crippen LogP contribution in [-0.2, 0) is 4.79 Å². The molecule has 1 atom stereocenters. The summed E-state index contributed by atoms with van der Waals surface area (Å²) in [5, 5.41) is 3.08. The molecule has 2 aromatic rings. The zero-order chi connectivity index (χ0) is 19.3. The molecule has 4 rings (SSSR count). The maximum Gasteiger partial charge on any atom is 0.251 e. The number of carbonyl (C=O) groups is 2. The lowest BCUT2D eigenvalue weighted by Crippen LogP contribution is -3.13. The molecule has 2 amide bonds. The minimum Gasteiger partial charge on any atom is -0.463 e. The van der Waals surface area contributed by atoms with Crippen molar-refractivity contribution in [2.75, 3.05) is 31.1 Å². The van der Waals surface area contributed by atoms with E-state index in [1.54, 1.807) is 23.3 Å². The van der Waals surface area contributed by atoms with Crippen LogP contribution >= 0.6 is 0 Å². The van der Waals surface area contributed by atoms with Crippen LogP contribution in [0.1, 0.15) is 54.3 Å². The normalized spacial score (nSPS) is 19.0. The largest absolute Gasteiger partial charge is 0.463 e. The van der Waals surface area contributed by atoms with Crippen LogP contribution in [0.5, 0.6) is 0 Å². The first-order chi connectivity index (χ1) is 13.7. The molecule has 6 nitrogen and oxygen atoms in total. The number of hydrogen-bond acceptors (Lipinski definition) is 3. The van der Waals surface area contributed by atoms with Crippen molar-refractivity contribution in [3.63, 3.8) is 0 Å². The number of rotatable bonds is 6. The van der Waals surface area contributed by atoms with Gasteiger partial charge >= 0.3 is 0 Å². The summed E-state index contributed by atoms with van der Waals surface area (Å²) >= 11 is 0. The van der Waals surface area contributed by atoms with Gasteiger partial charge in [0.05, 0.1) is 25.9 Å². The fraction of sp³-hybridized carbons (Fsp3) is 0.455. The van der Waals surface area contributed by atoms with Crippen LogP contribution in [0.2, 0.25) is 0 Å². The summed E-state index contributed by atoms with van der Waals surface area (Å²) in [5.41, 5.74) is 1.48. The molecule has 1 aromatic heterocycles. The first-order valence-electron chi connectivity index (χ1n) is 10.3. The van der Waals surface area contributed by atoms with E-state index in [2.05, 4.69) is 5.32 Å². The van der Waals surface area contributed by atoms with Crippen molar-refractivity contribution >= 4 is 17.5 Å². The van der Waals surface area contributed by atoms with Crippen molar-refractivity contribution in [3.05, 3.63) is 54.0 Å². The third kappa shape index (κ3) is 4.12. The van der Waals surface area contributed by atoms with Crippen LogP contribution in [-0.4, -0.2) is 38.0 Å². The summed E-state index contributed by atoms with van der Waals surface area (Å²) in [6.07, 6.45) is 6.93. The quantitative estimate of drug-likeness (QED) is 0.803. The van der Waals surface area contributed by atoms with E-state index in [0.29, 0.717) is 18.5 Å². The smallest absolute Gasteiger partial charge is 0.251 e. The Labute approximate surface area is 165 Å². The van der Waals surface area contributed by atoms with Crippen molar-refractivity contribution in [1.82, 2.24) is 5.32 Å². The monoisotopic (exact) mass is 382 g/mol. The van der Waals surface area contributed by atoms with E-state index in [1.807, 2.05) is 24.3 Å². The fourth-order valence-corrected chi connectivity index (χ4v) is 4.30. The Balaban J connectivity index is 1.40. The number of hydrogen-bond donors (Lipinski definition) is 2. The summed E-state index contributed by atoms with van der Waals surface area (Å²) < 4.78 is 5.66. The van der Waals surface area contributed by atoms with E-state index < -0.39 is 0 Å². The number of likely N-dealkylation sites (tertiary alicyclic amines) is 1. The molecule has 3 heterocycles. The SMILES string of the molecule is O=C(NC[C@H](c1ccco1)[NH+]1CCCCC1)c1ccc(N2CCCC2=O)cc1. The number of quaternary nitrogens is 1. The highest BCUT2D eigenvalue weighted by atomic mass is 16.3. The molecule has 148 valence electrons. The van der Waals surface area contributed by atoms with Gasteiger partial charge in [-0.2, -0.15) is 0 Å². The maximum absolute atomic E-state index is 12.7. The topological polar surface area (TPSA) is 67.0 Å². The Morgan fingerprint density at radius 2 is 1.89 bits per heavy atom. The minimum atomic E-state index is -0.0905. The second kappa shape index (κ2) is 8.61. The van der Waals surface area contributed by atoms with Crippen molar-refractivity contribution in [3.8, 4) is 0 Å². The summed E-state index contributed by atoms with van der Waals surface area (Å²) in [6.45, 7) is 3.53. The standard InChI is InChI=1S/C22H27N3O3/c26-21-7-4-14-25(21)18-10-8-17(9-11-18)22(27)23-16-19(20-6-5-15-28-20)24-12-2-1-3-13-24/h5-6,8-11,15,19H,1-4,7,12-14,16H2,(H,23,27)/p+1/t19-/m1/s1. The summed E-state index contributed by atoms with van der Waals surface area (Å²) in [5.74, 6) is 0.996. The molecule has 0 aliphatic carbocycles. The fourth-order valence-electron chi connectivity index (χ4n) is 4.30. The second-order valence-corrected chi connectivity index (χ2v) is 7.69. The number of amides is 2. The van der Waals surface area contributed by atoms with Gasteiger partial charge in [-0.05, 0) is 62.1 Å². The van der Waals surface area contributed by atoms with E-state index in [9.17, 15) is 9.59 Å². The van der Waals surface area contributed by atoms with Crippen LogP contribution in [0.4, 0.5) is 5.69 Å². The minimum absolute atomic E-state index is 0.0905. The molecule has 1 aromatic carbocycles. The molecular weight excluding hydrogens is 354 g/mol. The van der Waals surface area contributed by atoms with Crippen LogP contribution in [0, 0.1) is 0 Å². The van der Waals surface area contributed by atoms with Crippen LogP contribution in [0.3, 0.4) is 0 Å². The first kappa shape index (κ1) is 18.7. The van der Waals surface area contributed by atoms with E-state index in [4.69, 9.17) is 4.42 Å². The van der Waals surface area contributed by atoms with Gasteiger partial charge in [0.1, 0.15) is 0 Å². The highest BCUT2D eigenvalue weighted by Crippen LogP contribution is 2.21. The average molecular weight is 382 g/mol. The first-order valence-corrected chi connectivity index (χ1v) is 10.3. The molecule has 2 fully saturated rings. The molecule has 28 heavy (non-hydrogen) atoms. The third-order valence-electron chi connectivity index (χ3n) is 5.86. The van der Waals surface area contributed by atoms with Gasteiger partial charge in [-0.3, -0.25) is 9.59 Å². The lowest BCUT2D eigenvalue weighted by atomic mass is 10.1. The highest BCUT2D eigenvalue weighted by Gasteiger charge is 2.29. The number of furan rings is 1. The number of benzene rings is 1. The van der Waals surface area contributed by atoms with Gasteiger partial charge in [-0.15, -0.1) is 0 Å². The zero-order valence-corrected chi connectivity index (χ0v) is 16.2. The van der Waals surface area contributed by atoms with E-state index in [-0.39, 0.29) is 17.9 Å². The van der Waals surface area contributed by atoms with Gasteiger partial charge in [0.25, 0.3) is 5.91 Å². The molecular formula is C22H28N3O3+. The number of anilines is 1. The molecule has 2 aliphatic heterocycles. The molecule has 2 N–H and O–H groups in total. The maximum atomic E-state index is 12.7. The molecule has 2 saturated heterocycles. The molecule has 0 radical (unpaired) electrons. The van der Waals surface area contributed by atoms with Crippen molar-refractivity contribution < 1.29 is 18.9 Å². The summed E-state index contributed by atoms with van der Waals surface area (Å²) in [4.78, 5) is 27.8. The predicted molar refractivity (Wildman–Crippen MR) is 106 cm³/mol. The molecule has 0 bridgehead atoms. The van der Waals surface area contributed by atoms with Gasteiger partial charge in [-0.25, -0.2) is 0 Å². The Kier molecular flexibility index (Phi) is 5.76. The van der Waals surface area contributed by atoms with Gasteiger partial charge in [0.15, 0.2) is 11.8 Å². The molecule has 0 saturated carbocycles. The van der Waals surface area contributed by atoms with E-state index in [1.165, 1.54) is 24.2 Å². The van der Waals surface area contributed by atoms with Crippen LogP contribution in [0.25, 0.3) is 0 Å². The van der Waals surface area contributed by atoms with E-state index >= 15 is 0 Å². The predicted octanol–water partition coefficient (Wildman–Crippen LogP) is 1.95. The summed E-state index contributed by atoms with van der Waals surface area (Å²) in [6, 6.07) is 11.4. The van der Waals surface area contributed by atoms with Gasteiger partial charge in [0, 0.05) is 24.2 Å². The van der Waals surface area contributed by atoms with Gasteiger partial charge < -0.3 is 19.5 Å². The Morgan fingerprint density at radius 1 is 1.11 bits per heavy atom. The number of nitrogens with zero attached hydrogens (tertiary/aromatic N) is 1. The highest BCUT2D eigenvalue weighted by molar-refractivity contribution is 5.97. The number of piperidine rings is 1. The van der Waals surface area contributed by atoms with Gasteiger partial charge in [-0.1, -0.05) is 0 Å². The lowest BCUT2D eigenvalue weighted by Gasteiger charge is -2.30. The van der Waals surface area contributed by atoms with Crippen molar-refractivity contribution in [2.45, 2.75) is 38.1 Å². The molecule has 6 heteroatoms. The number of carbonyl (C=O) groups excluding carboxylic acids is 2. The molecule has 0 spiro atoms. The number of nitrogens with one attached hydrogen (secondary N) is 2. The van der Waals surface area contributed by atoms with E-state index in [0.717, 1.165) is 37.5 Å². The van der Waals surface area contributed by atoms with Crippen LogP contribution in [0.15, 0.2) is 47.1 Å². The molecule has 0 unspecified atom stereocenters. The zero-order valence-electron chi connectivity index (χ0n) is 16.2. The Hall–Kier alpha value is -2.60. The molecule has 2 aliphatic rings. The van der Waals surface area contributed by atoms with Crippen molar-refractivity contribution in [2.24, 2.45) is 0 Å². The lowest BCUT2D eigenvalue weighted by molar-refractivity contribution is -0.936. The average Bonchev–Trinajstić information content (AvgIpc) is 3.41.